The maximum atomic E-state index is 13.2. The maximum Gasteiger partial charge on any atom is 0.337 e. The van der Waals surface area contributed by atoms with Gasteiger partial charge in [-0.3, -0.25) is 4.79 Å². The van der Waals surface area contributed by atoms with Crippen LogP contribution < -0.4 is 0 Å². The number of rotatable bonds is 3. The van der Waals surface area contributed by atoms with Crippen LogP contribution >= 0.6 is 22.7 Å². The average Bonchev–Trinajstić information content (AvgIpc) is 3.37. The second-order valence-corrected chi connectivity index (χ2v) is 8.01. The smallest absolute Gasteiger partial charge is 0.337 e. The van der Waals surface area contributed by atoms with Crippen LogP contribution in [-0.2, 0) is 11.2 Å². The van der Waals surface area contributed by atoms with E-state index in [-0.39, 0.29) is 11.9 Å². The molecule has 0 aliphatic carbocycles. The summed E-state index contributed by atoms with van der Waals surface area (Å²) in [6.07, 6.45) is 0.876. The van der Waals surface area contributed by atoms with Gasteiger partial charge in [0.25, 0.3) is 5.91 Å². The lowest BCUT2D eigenvalue weighted by Gasteiger charge is -2.35. The van der Waals surface area contributed by atoms with Gasteiger partial charge in [0.2, 0.25) is 0 Å². The van der Waals surface area contributed by atoms with E-state index in [0.717, 1.165) is 6.42 Å². The van der Waals surface area contributed by atoms with Crippen molar-refractivity contribution in [3.63, 3.8) is 0 Å². The van der Waals surface area contributed by atoms with E-state index in [2.05, 4.69) is 17.5 Å². The molecule has 0 bridgehead atoms. The lowest BCUT2D eigenvalue weighted by Crippen LogP contribution is -2.39. The summed E-state index contributed by atoms with van der Waals surface area (Å²) in [5, 5.41) is 4.15. The fourth-order valence-corrected chi connectivity index (χ4v) is 5.08. The standard InChI is InChI=1S/C20H17NO3S2/c1-24-20(23)14-6-4-13(5-7-14)19(22)21-10-8-16-15(9-12-26-16)18(21)17-3-2-11-25-17/h2-7,9,11-12,18H,8,10H2,1H3. The molecule has 0 saturated carbocycles. The molecule has 6 heteroatoms. The number of esters is 1. The summed E-state index contributed by atoms with van der Waals surface area (Å²) in [5.41, 5.74) is 2.25. The zero-order valence-electron chi connectivity index (χ0n) is 14.2. The van der Waals surface area contributed by atoms with E-state index in [1.807, 2.05) is 16.3 Å². The minimum absolute atomic E-state index is 0.0170. The third-order valence-corrected chi connectivity index (χ3v) is 6.51. The van der Waals surface area contributed by atoms with Crippen LogP contribution in [0.1, 0.15) is 42.1 Å². The van der Waals surface area contributed by atoms with Crippen LogP contribution in [-0.4, -0.2) is 30.4 Å². The van der Waals surface area contributed by atoms with Gasteiger partial charge in [0, 0.05) is 21.9 Å². The number of nitrogens with zero attached hydrogens (tertiary/aromatic N) is 1. The number of methoxy groups -OCH3 is 1. The molecule has 0 spiro atoms. The Kier molecular flexibility index (Phi) is 4.61. The number of fused-ring (bicyclic) bond motifs is 1. The third kappa shape index (κ3) is 2.95. The summed E-state index contributed by atoms with van der Waals surface area (Å²) in [5.74, 6) is -0.419. The molecule has 4 nitrogen and oxygen atoms in total. The van der Waals surface area contributed by atoms with Crippen LogP contribution in [0, 0.1) is 0 Å². The molecule has 3 aromatic rings. The summed E-state index contributed by atoms with van der Waals surface area (Å²) >= 11 is 3.43. The van der Waals surface area contributed by atoms with Crippen LogP contribution in [0.25, 0.3) is 0 Å². The van der Waals surface area contributed by atoms with E-state index < -0.39 is 5.97 Å². The summed E-state index contributed by atoms with van der Waals surface area (Å²) < 4.78 is 4.72. The van der Waals surface area contributed by atoms with E-state index >= 15 is 0 Å². The molecule has 1 unspecified atom stereocenters. The summed E-state index contributed by atoms with van der Waals surface area (Å²) in [4.78, 5) is 29.3. The molecule has 0 N–H and O–H groups in total. The van der Waals surface area contributed by atoms with Gasteiger partial charge in [-0.15, -0.1) is 22.7 Å². The van der Waals surface area contributed by atoms with Gasteiger partial charge in [0.1, 0.15) is 0 Å². The second-order valence-electron chi connectivity index (χ2n) is 6.03. The van der Waals surface area contributed by atoms with Crippen molar-refractivity contribution in [2.24, 2.45) is 0 Å². The Morgan fingerprint density at radius 3 is 2.50 bits per heavy atom. The van der Waals surface area contributed by atoms with Crippen LogP contribution in [0.15, 0.2) is 53.2 Å². The van der Waals surface area contributed by atoms with Crippen molar-refractivity contribution in [3.8, 4) is 0 Å². The Balaban J connectivity index is 1.67. The Bertz CT molecular complexity index is 928. The van der Waals surface area contributed by atoms with Crippen molar-refractivity contribution in [1.29, 1.82) is 0 Å². The van der Waals surface area contributed by atoms with Crippen molar-refractivity contribution in [2.75, 3.05) is 13.7 Å². The average molecular weight is 383 g/mol. The van der Waals surface area contributed by atoms with E-state index in [9.17, 15) is 9.59 Å². The molecule has 3 heterocycles. The van der Waals surface area contributed by atoms with Crippen LogP contribution in [0.3, 0.4) is 0 Å². The molecule has 2 aromatic heterocycles. The number of ether oxygens (including phenoxy) is 1. The molecule has 0 fully saturated rings. The number of carbonyl (C=O) groups excluding carboxylic acids is 2. The van der Waals surface area contributed by atoms with Gasteiger partial charge in [-0.2, -0.15) is 0 Å². The molecule has 1 aliphatic heterocycles. The van der Waals surface area contributed by atoms with Gasteiger partial charge in [-0.1, -0.05) is 6.07 Å². The Morgan fingerprint density at radius 2 is 1.81 bits per heavy atom. The van der Waals surface area contributed by atoms with Gasteiger partial charge < -0.3 is 9.64 Å². The maximum absolute atomic E-state index is 13.2. The molecule has 4 rings (SSSR count). The number of carbonyl (C=O) groups is 2. The molecule has 1 aliphatic rings. The molecule has 0 radical (unpaired) electrons. The van der Waals surface area contributed by atoms with Crippen LogP contribution in [0.5, 0.6) is 0 Å². The number of thiophene rings is 2. The molecular weight excluding hydrogens is 366 g/mol. The van der Waals surface area contributed by atoms with Crippen molar-refractivity contribution >= 4 is 34.6 Å². The minimum Gasteiger partial charge on any atom is -0.465 e. The fourth-order valence-electron chi connectivity index (χ4n) is 3.32. The molecule has 132 valence electrons. The number of hydrogen-bond donors (Lipinski definition) is 0. The topological polar surface area (TPSA) is 46.6 Å². The summed E-state index contributed by atoms with van der Waals surface area (Å²) in [7, 11) is 1.35. The monoisotopic (exact) mass is 383 g/mol. The van der Waals surface area contributed by atoms with Gasteiger partial charge in [0.15, 0.2) is 0 Å². The number of amides is 1. The van der Waals surface area contributed by atoms with E-state index in [1.165, 1.54) is 22.4 Å². The lowest BCUT2D eigenvalue weighted by atomic mass is 9.97. The number of hydrogen-bond acceptors (Lipinski definition) is 5. The normalized spacial score (nSPS) is 16.2. The fraction of sp³-hybridized carbons (Fsp3) is 0.200. The zero-order valence-corrected chi connectivity index (χ0v) is 15.8. The van der Waals surface area contributed by atoms with Crippen molar-refractivity contribution in [1.82, 2.24) is 4.90 Å². The van der Waals surface area contributed by atoms with Crippen molar-refractivity contribution in [3.05, 3.63) is 79.7 Å². The first-order chi connectivity index (χ1) is 12.7. The Labute approximate surface area is 159 Å². The summed E-state index contributed by atoms with van der Waals surface area (Å²) in [6, 6.07) is 12.9. The molecule has 1 aromatic carbocycles. The van der Waals surface area contributed by atoms with Crippen LogP contribution in [0.4, 0.5) is 0 Å². The molecule has 1 atom stereocenters. The van der Waals surface area contributed by atoms with Gasteiger partial charge in [-0.25, -0.2) is 4.79 Å². The van der Waals surface area contributed by atoms with Gasteiger partial charge >= 0.3 is 5.97 Å². The van der Waals surface area contributed by atoms with E-state index in [1.54, 1.807) is 46.9 Å². The first kappa shape index (κ1) is 17.0. The highest BCUT2D eigenvalue weighted by molar-refractivity contribution is 7.10. The molecule has 1 amide bonds. The SMILES string of the molecule is COC(=O)c1ccc(C(=O)N2CCc3sccc3C2c2cccs2)cc1. The van der Waals surface area contributed by atoms with Crippen LogP contribution in [0.2, 0.25) is 0 Å². The highest BCUT2D eigenvalue weighted by Gasteiger charge is 2.33. The summed E-state index contributed by atoms with van der Waals surface area (Å²) in [6.45, 7) is 0.688. The molecule has 0 saturated heterocycles. The predicted molar refractivity (Wildman–Crippen MR) is 103 cm³/mol. The Hall–Kier alpha value is -2.44. The van der Waals surface area contributed by atoms with Crippen molar-refractivity contribution < 1.29 is 14.3 Å². The zero-order chi connectivity index (χ0) is 18.1. The Morgan fingerprint density at radius 1 is 1.04 bits per heavy atom. The lowest BCUT2D eigenvalue weighted by molar-refractivity contribution is 0.0599. The predicted octanol–water partition coefficient (Wildman–Crippen LogP) is 4.38. The number of benzene rings is 1. The highest BCUT2D eigenvalue weighted by Crippen LogP contribution is 2.40. The third-order valence-electron chi connectivity index (χ3n) is 4.59. The minimum atomic E-state index is -0.402. The van der Waals surface area contributed by atoms with Gasteiger partial charge in [-0.05, 0) is 59.1 Å². The van der Waals surface area contributed by atoms with Gasteiger partial charge in [0.05, 0.1) is 18.7 Å². The second kappa shape index (κ2) is 7.05. The first-order valence-corrected chi connectivity index (χ1v) is 10.0. The highest BCUT2D eigenvalue weighted by atomic mass is 32.1. The quantitative estimate of drug-likeness (QED) is 0.631. The van der Waals surface area contributed by atoms with E-state index in [0.29, 0.717) is 17.7 Å². The van der Waals surface area contributed by atoms with E-state index in [4.69, 9.17) is 4.74 Å². The molecular formula is C20H17NO3S2. The largest absolute Gasteiger partial charge is 0.465 e. The van der Waals surface area contributed by atoms with Crippen molar-refractivity contribution in [2.45, 2.75) is 12.5 Å². The molecule has 26 heavy (non-hydrogen) atoms. The first-order valence-electron chi connectivity index (χ1n) is 8.28.